The highest BCUT2D eigenvalue weighted by atomic mass is 16.7. The van der Waals surface area contributed by atoms with Crippen LogP contribution in [0.3, 0.4) is 0 Å². The second-order valence-corrected chi connectivity index (χ2v) is 10.8. The minimum atomic E-state index is -0.604. The minimum absolute atomic E-state index is 0.00514. The molecule has 2 aliphatic rings. The Bertz CT molecular complexity index is 1260. The summed E-state index contributed by atoms with van der Waals surface area (Å²) in [5, 5.41) is 12.5. The van der Waals surface area contributed by atoms with E-state index in [4.69, 9.17) is 9.47 Å². The number of nitrogens with zero attached hydrogens (tertiary/aromatic N) is 2. The van der Waals surface area contributed by atoms with Gasteiger partial charge in [-0.05, 0) is 48.2 Å². The van der Waals surface area contributed by atoms with Crippen LogP contribution >= 0.6 is 0 Å². The van der Waals surface area contributed by atoms with E-state index < -0.39 is 6.29 Å². The first kappa shape index (κ1) is 28.2. The maximum Gasteiger partial charge on any atom is 0.257 e. The fourth-order valence-corrected chi connectivity index (χ4v) is 5.83. The van der Waals surface area contributed by atoms with Crippen LogP contribution < -0.4 is 5.32 Å². The molecule has 1 aliphatic heterocycles. The Morgan fingerprint density at radius 1 is 1.10 bits per heavy atom. The number of pyridine rings is 1. The number of amides is 1. The zero-order chi connectivity index (χ0) is 27.9. The number of benzene rings is 2. The molecule has 7 heteroatoms. The highest BCUT2D eigenvalue weighted by Crippen LogP contribution is 2.42. The predicted molar refractivity (Wildman–Crippen MR) is 156 cm³/mol. The van der Waals surface area contributed by atoms with E-state index in [-0.39, 0.29) is 30.6 Å². The number of aromatic nitrogens is 1. The minimum Gasteiger partial charge on any atom is -0.392 e. The number of aliphatic hydroxyl groups excluding tert-OH is 1. The molecule has 4 atom stereocenters. The highest BCUT2D eigenvalue weighted by Gasteiger charge is 2.40. The smallest absolute Gasteiger partial charge is 0.257 e. The average Bonchev–Trinajstić information content (AvgIpc) is 3.54. The lowest BCUT2D eigenvalue weighted by Gasteiger charge is -2.43. The number of carbonyl (C=O) groups is 1. The molecule has 5 rings (SSSR count). The van der Waals surface area contributed by atoms with Gasteiger partial charge in [0.1, 0.15) is 0 Å². The number of ether oxygens (including phenoxy) is 2. The molecule has 2 aromatic carbocycles. The summed E-state index contributed by atoms with van der Waals surface area (Å²) in [4.78, 5) is 19.3. The summed E-state index contributed by atoms with van der Waals surface area (Å²) in [6.45, 7) is 7.83. The van der Waals surface area contributed by atoms with Crippen molar-refractivity contribution in [2.24, 2.45) is 5.92 Å². The number of nitrogens with one attached hydrogen (secondary N) is 1. The van der Waals surface area contributed by atoms with Crippen molar-refractivity contribution >= 4 is 11.6 Å². The zero-order valence-electron chi connectivity index (χ0n) is 23.1. The fraction of sp³-hybridized carbons (Fsp3) is 0.394. The van der Waals surface area contributed by atoms with Gasteiger partial charge in [0.05, 0.1) is 24.4 Å². The van der Waals surface area contributed by atoms with Gasteiger partial charge in [0, 0.05) is 48.7 Å². The molecule has 2 fully saturated rings. The average molecular weight is 542 g/mol. The number of hydrogen-bond acceptors (Lipinski definition) is 6. The molecule has 40 heavy (non-hydrogen) atoms. The van der Waals surface area contributed by atoms with Gasteiger partial charge in [-0.15, -0.1) is 6.58 Å². The quantitative estimate of drug-likeness (QED) is 0.304. The third kappa shape index (κ3) is 6.67. The van der Waals surface area contributed by atoms with Crippen molar-refractivity contribution in [2.45, 2.75) is 63.8 Å². The topological polar surface area (TPSA) is 83.9 Å². The molecule has 1 aromatic heterocycles. The highest BCUT2D eigenvalue weighted by molar-refractivity contribution is 6.04. The first-order valence-electron chi connectivity index (χ1n) is 14.2. The van der Waals surface area contributed by atoms with Crippen LogP contribution in [0, 0.1) is 5.92 Å². The molecule has 7 nitrogen and oxygen atoms in total. The number of rotatable bonds is 10. The summed E-state index contributed by atoms with van der Waals surface area (Å²) in [6, 6.07) is 19.6. The molecular weight excluding hydrogens is 502 g/mol. The van der Waals surface area contributed by atoms with Crippen LogP contribution in [0.1, 0.15) is 72.0 Å². The Morgan fingerprint density at radius 3 is 2.60 bits per heavy atom. The maximum atomic E-state index is 12.7. The summed E-state index contributed by atoms with van der Waals surface area (Å²) in [5.41, 5.74) is 3.92. The van der Waals surface area contributed by atoms with Crippen molar-refractivity contribution < 1.29 is 19.4 Å². The van der Waals surface area contributed by atoms with Crippen molar-refractivity contribution in [3.8, 4) is 0 Å². The van der Waals surface area contributed by atoms with E-state index in [1.165, 1.54) is 25.7 Å². The molecule has 1 amide bonds. The van der Waals surface area contributed by atoms with Gasteiger partial charge in [-0.25, -0.2) is 0 Å². The molecule has 3 aromatic rings. The van der Waals surface area contributed by atoms with Gasteiger partial charge in [-0.1, -0.05) is 62.2 Å². The van der Waals surface area contributed by atoms with Crippen molar-refractivity contribution in [3.05, 3.63) is 108 Å². The number of aliphatic hydroxyl groups is 1. The molecule has 1 aliphatic carbocycles. The van der Waals surface area contributed by atoms with E-state index in [2.05, 4.69) is 28.7 Å². The second-order valence-electron chi connectivity index (χ2n) is 10.8. The molecule has 0 bridgehead atoms. The van der Waals surface area contributed by atoms with Crippen LogP contribution in [0.2, 0.25) is 0 Å². The largest absolute Gasteiger partial charge is 0.392 e. The SMILES string of the molecule is C=CCN(C[C@H]1O[C@@H](c2cccc(NC(=O)c3cccnc3)c2)O[C@@H](c2ccc(CO)cc2)[C@H]1C)C1CCCC1. The molecule has 2 N–H and O–H groups in total. The Hall–Kier alpha value is -3.36. The van der Waals surface area contributed by atoms with Crippen molar-refractivity contribution in [1.82, 2.24) is 9.88 Å². The van der Waals surface area contributed by atoms with Crippen LogP contribution in [0.25, 0.3) is 0 Å². The Kier molecular flexibility index (Phi) is 9.39. The molecule has 210 valence electrons. The number of carbonyl (C=O) groups excluding carboxylic acids is 1. The van der Waals surface area contributed by atoms with Crippen molar-refractivity contribution in [2.75, 3.05) is 18.4 Å². The molecule has 0 radical (unpaired) electrons. The summed E-state index contributed by atoms with van der Waals surface area (Å²) in [5.74, 6) is -0.126. The molecule has 1 saturated carbocycles. The van der Waals surface area contributed by atoms with Gasteiger partial charge in [0.15, 0.2) is 6.29 Å². The summed E-state index contributed by atoms with van der Waals surface area (Å²) in [7, 11) is 0. The van der Waals surface area contributed by atoms with E-state index in [0.29, 0.717) is 17.3 Å². The van der Waals surface area contributed by atoms with Gasteiger partial charge < -0.3 is 19.9 Å². The van der Waals surface area contributed by atoms with Crippen molar-refractivity contribution in [3.63, 3.8) is 0 Å². The molecule has 0 spiro atoms. The third-order valence-corrected chi connectivity index (χ3v) is 8.08. The second kappa shape index (κ2) is 13.3. The van der Waals surface area contributed by atoms with Gasteiger partial charge in [-0.2, -0.15) is 0 Å². The zero-order valence-corrected chi connectivity index (χ0v) is 23.1. The Morgan fingerprint density at radius 2 is 1.90 bits per heavy atom. The van der Waals surface area contributed by atoms with E-state index in [1.807, 2.05) is 54.6 Å². The lowest BCUT2D eigenvalue weighted by Crippen LogP contribution is -2.47. The van der Waals surface area contributed by atoms with Gasteiger partial charge in [0.2, 0.25) is 0 Å². The Balaban J connectivity index is 1.40. The van der Waals surface area contributed by atoms with E-state index >= 15 is 0 Å². The van der Waals surface area contributed by atoms with Crippen LogP contribution in [0.15, 0.2) is 85.7 Å². The summed E-state index contributed by atoms with van der Waals surface area (Å²) >= 11 is 0. The van der Waals surface area contributed by atoms with Crippen LogP contribution in [-0.4, -0.2) is 46.1 Å². The van der Waals surface area contributed by atoms with Gasteiger partial charge in [0.25, 0.3) is 5.91 Å². The number of anilines is 1. The lowest BCUT2D eigenvalue weighted by atomic mass is 9.89. The van der Waals surface area contributed by atoms with Gasteiger partial charge in [-0.3, -0.25) is 14.7 Å². The number of hydrogen-bond donors (Lipinski definition) is 2. The molecule has 1 saturated heterocycles. The van der Waals surface area contributed by atoms with Gasteiger partial charge >= 0.3 is 0 Å². The fourth-order valence-electron chi connectivity index (χ4n) is 5.83. The van der Waals surface area contributed by atoms with E-state index in [0.717, 1.165) is 29.8 Å². The van der Waals surface area contributed by atoms with Crippen LogP contribution in [0.5, 0.6) is 0 Å². The lowest BCUT2D eigenvalue weighted by molar-refractivity contribution is -0.276. The van der Waals surface area contributed by atoms with Crippen molar-refractivity contribution in [1.29, 1.82) is 0 Å². The Labute approximate surface area is 236 Å². The molecule has 2 heterocycles. The summed E-state index contributed by atoms with van der Waals surface area (Å²) < 4.78 is 13.3. The molecular formula is C33H39N3O4. The monoisotopic (exact) mass is 541 g/mol. The maximum absolute atomic E-state index is 12.7. The predicted octanol–water partition coefficient (Wildman–Crippen LogP) is 6.05. The molecule has 0 unspecified atom stereocenters. The first-order valence-corrected chi connectivity index (χ1v) is 14.2. The standard InChI is InChI=1S/C33H39N3O4/c1-3-18-36(29-11-4-5-12-29)21-30-23(2)31(25-15-13-24(22-37)14-16-25)40-33(39-30)26-8-6-10-28(19-26)35-32(38)27-9-7-17-34-20-27/h3,6-10,13-17,19-20,23,29-31,33,37H,1,4-5,11-12,18,21-22H2,2H3,(H,35,38)/t23-,30+,31+,33+/m0/s1. The first-order chi connectivity index (χ1) is 19.6. The third-order valence-electron chi connectivity index (χ3n) is 8.08. The van der Waals surface area contributed by atoms with E-state index in [1.54, 1.807) is 24.5 Å². The van der Waals surface area contributed by atoms with Crippen LogP contribution in [0.4, 0.5) is 5.69 Å². The van der Waals surface area contributed by atoms with Crippen LogP contribution in [-0.2, 0) is 16.1 Å². The summed E-state index contributed by atoms with van der Waals surface area (Å²) in [6.07, 6.45) is 9.25. The van der Waals surface area contributed by atoms with E-state index in [9.17, 15) is 9.90 Å². The normalized spacial score (nSPS) is 23.3.